The molecule has 3 nitrogen and oxygen atoms in total. The van der Waals surface area contributed by atoms with Crippen molar-refractivity contribution in [3.05, 3.63) is 36.0 Å². The summed E-state index contributed by atoms with van der Waals surface area (Å²) in [5.74, 6) is 0.191. The van der Waals surface area contributed by atoms with Crippen molar-refractivity contribution >= 4 is 16.8 Å². The topological polar surface area (TPSA) is 36.1 Å². The van der Waals surface area contributed by atoms with E-state index in [9.17, 15) is 4.79 Å². The van der Waals surface area contributed by atoms with Gasteiger partial charge in [-0.3, -0.25) is 4.79 Å². The van der Waals surface area contributed by atoms with E-state index in [0.29, 0.717) is 5.41 Å². The van der Waals surface area contributed by atoms with E-state index in [1.165, 1.54) is 38.5 Å². The van der Waals surface area contributed by atoms with Crippen molar-refractivity contribution in [1.82, 2.24) is 9.88 Å². The summed E-state index contributed by atoms with van der Waals surface area (Å²) in [6.45, 7) is 1.85. The predicted octanol–water partition coefficient (Wildman–Crippen LogP) is 3.96. The molecule has 1 aromatic heterocycles. The van der Waals surface area contributed by atoms with Crippen LogP contribution in [0.4, 0.5) is 0 Å². The maximum Gasteiger partial charge on any atom is 0.255 e. The lowest BCUT2D eigenvalue weighted by Crippen LogP contribution is -2.42. The van der Waals surface area contributed by atoms with Crippen molar-refractivity contribution in [2.24, 2.45) is 5.41 Å². The van der Waals surface area contributed by atoms with Gasteiger partial charge in [0.25, 0.3) is 5.91 Å². The van der Waals surface area contributed by atoms with Crippen molar-refractivity contribution in [3.63, 3.8) is 0 Å². The van der Waals surface area contributed by atoms with E-state index in [1.54, 1.807) is 0 Å². The standard InChI is InChI=1S/C18H22N2O/c21-17(15-5-3-4-14-6-11-19-16(14)15)20-12-9-18(10-13-20)7-1-2-8-18/h3-6,11,19H,1-2,7-10,12-13H2. The van der Waals surface area contributed by atoms with E-state index in [1.807, 2.05) is 30.5 Å². The summed E-state index contributed by atoms with van der Waals surface area (Å²) in [6.07, 6.45) is 9.82. The third kappa shape index (κ3) is 2.15. The molecule has 110 valence electrons. The van der Waals surface area contributed by atoms with Gasteiger partial charge in [-0.05, 0) is 43.2 Å². The molecule has 0 unspecified atom stereocenters. The molecule has 2 aliphatic rings. The van der Waals surface area contributed by atoms with Crippen LogP contribution in [0.2, 0.25) is 0 Å². The largest absolute Gasteiger partial charge is 0.361 e. The molecule has 1 aliphatic carbocycles. The Hall–Kier alpha value is -1.77. The highest BCUT2D eigenvalue weighted by molar-refractivity contribution is 6.05. The van der Waals surface area contributed by atoms with Gasteiger partial charge in [-0.25, -0.2) is 0 Å². The second kappa shape index (κ2) is 4.90. The summed E-state index contributed by atoms with van der Waals surface area (Å²) in [6, 6.07) is 8.00. The smallest absolute Gasteiger partial charge is 0.255 e. The van der Waals surface area contributed by atoms with Crippen LogP contribution in [0.25, 0.3) is 10.9 Å². The Kier molecular flexibility index (Phi) is 3.02. The summed E-state index contributed by atoms with van der Waals surface area (Å²) < 4.78 is 0. The van der Waals surface area contributed by atoms with Gasteiger partial charge < -0.3 is 9.88 Å². The second-order valence-electron chi connectivity index (χ2n) is 6.75. The second-order valence-corrected chi connectivity index (χ2v) is 6.75. The average molecular weight is 282 g/mol. The number of rotatable bonds is 1. The monoisotopic (exact) mass is 282 g/mol. The van der Waals surface area contributed by atoms with Gasteiger partial charge in [0.1, 0.15) is 0 Å². The lowest BCUT2D eigenvalue weighted by atomic mass is 9.77. The van der Waals surface area contributed by atoms with E-state index in [4.69, 9.17) is 0 Å². The van der Waals surface area contributed by atoms with Crippen LogP contribution in [-0.2, 0) is 0 Å². The van der Waals surface area contributed by atoms with Gasteiger partial charge in [0.15, 0.2) is 0 Å². The van der Waals surface area contributed by atoms with Crippen molar-refractivity contribution in [1.29, 1.82) is 0 Å². The molecule has 1 saturated carbocycles. The molecule has 2 fully saturated rings. The predicted molar refractivity (Wildman–Crippen MR) is 84.3 cm³/mol. The molecule has 2 aromatic rings. The van der Waals surface area contributed by atoms with Crippen LogP contribution in [0.3, 0.4) is 0 Å². The first-order chi connectivity index (χ1) is 10.3. The zero-order valence-electron chi connectivity index (χ0n) is 12.4. The molecule has 1 aliphatic heterocycles. The molecular weight excluding hydrogens is 260 g/mol. The van der Waals surface area contributed by atoms with Crippen molar-refractivity contribution in [2.45, 2.75) is 38.5 Å². The summed E-state index contributed by atoms with van der Waals surface area (Å²) in [5.41, 5.74) is 2.36. The molecular formula is C18H22N2O. The molecule has 4 rings (SSSR count). The minimum atomic E-state index is 0.191. The van der Waals surface area contributed by atoms with Crippen LogP contribution in [0.1, 0.15) is 48.9 Å². The maximum atomic E-state index is 12.8. The SMILES string of the molecule is O=C(c1cccc2cc[nH]c12)N1CCC2(CCCC2)CC1. The van der Waals surface area contributed by atoms with Gasteiger partial charge >= 0.3 is 0 Å². The first-order valence-electron chi connectivity index (χ1n) is 8.13. The highest BCUT2D eigenvalue weighted by Gasteiger charge is 2.38. The van der Waals surface area contributed by atoms with Gasteiger partial charge in [0.2, 0.25) is 0 Å². The van der Waals surface area contributed by atoms with Gasteiger partial charge in [-0.2, -0.15) is 0 Å². The number of para-hydroxylation sites is 1. The number of carbonyl (C=O) groups excluding carboxylic acids is 1. The zero-order chi connectivity index (χ0) is 14.3. The Bertz CT molecular complexity index is 657. The fourth-order valence-electron chi connectivity index (χ4n) is 4.24. The lowest BCUT2D eigenvalue weighted by Gasteiger charge is -2.39. The van der Waals surface area contributed by atoms with Crippen LogP contribution in [0.5, 0.6) is 0 Å². The van der Waals surface area contributed by atoms with Crippen molar-refractivity contribution < 1.29 is 4.79 Å². The molecule has 1 aromatic carbocycles. The highest BCUT2D eigenvalue weighted by atomic mass is 16.2. The van der Waals surface area contributed by atoms with Crippen molar-refractivity contribution in [3.8, 4) is 0 Å². The molecule has 0 atom stereocenters. The number of aromatic amines is 1. The molecule has 2 heterocycles. The van der Waals surface area contributed by atoms with Crippen LogP contribution in [0, 0.1) is 5.41 Å². The number of fused-ring (bicyclic) bond motifs is 1. The number of piperidine rings is 1. The number of aromatic nitrogens is 1. The molecule has 0 radical (unpaired) electrons. The third-order valence-corrected chi connectivity index (χ3v) is 5.59. The number of benzene rings is 1. The van der Waals surface area contributed by atoms with Crippen LogP contribution >= 0.6 is 0 Å². The van der Waals surface area contributed by atoms with Crippen LogP contribution in [-0.4, -0.2) is 28.9 Å². The molecule has 1 N–H and O–H groups in total. The first kappa shape index (κ1) is 12.9. The Morgan fingerprint density at radius 3 is 2.57 bits per heavy atom. The highest BCUT2D eigenvalue weighted by Crippen LogP contribution is 2.46. The lowest BCUT2D eigenvalue weighted by molar-refractivity contribution is 0.0589. The van der Waals surface area contributed by atoms with Gasteiger partial charge in [0.05, 0.1) is 11.1 Å². The van der Waals surface area contributed by atoms with Crippen LogP contribution < -0.4 is 0 Å². The minimum Gasteiger partial charge on any atom is -0.361 e. The van der Waals surface area contributed by atoms with E-state index in [0.717, 1.165) is 29.6 Å². The summed E-state index contributed by atoms with van der Waals surface area (Å²) in [7, 11) is 0. The van der Waals surface area contributed by atoms with Crippen LogP contribution in [0.15, 0.2) is 30.5 Å². The minimum absolute atomic E-state index is 0.191. The Morgan fingerprint density at radius 1 is 1.05 bits per heavy atom. The number of nitrogens with zero attached hydrogens (tertiary/aromatic N) is 1. The van der Waals surface area contributed by atoms with E-state index in [2.05, 4.69) is 9.88 Å². The van der Waals surface area contributed by atoms with E-state index in [-0.39, 0.29) is 5.91 Å². The Morgan fingerprint density at radius 2 is 1.81 bits per heavy atom. The molecule has 21 heavy (non-hydrogen) atoms. The molecule has 0 bridgehead atoms. The number of nitrogens with one attached hydrogen (secondary N) is 1. The number of carbonyl (C=O) groups is 1. The number of H-pyrrole nitrogens is 1. The maximum absolute atomic E-state index is 12.8. The molecule has 3 heteroatoms. The molecule has 1 spiro atoms. The number of hydrogen-bond acceptors (Lipinski definition) is 1. The van der Waals surface area contributed by atoms with Gasteiger partial charge in [-0.15, -0.1) is 0 Å². The fourth-order valence-corrected chi connectivity index (χ4v) is 4.24. The third-order valence-electron chi connectivity index (χ3n) is 5.59. The van der Waals surface area contributed by atoms with E-state index < -0.39 is 0 Å². The summed E-state index contributed by atoms with van der Waals surface area (Å²) in [5, 5.41) is 1.12. The van der Waals surface area contributed by atoms with Gasteiger partial charge in [0, 0.05) is 24.7 Å². The Labute approximate surface area is 125 Å². The zero-order valence-corrected chi connectivity index (χ0v) is 12.4. The van der Waals surface area contributed by atoms with Crippen molar-refractivity contribution in [2.75, 3.05) is 13.1 Å². The number of likely N-dealkylation sites (tertiary alicyclic amines) is 1. The van der Waals surface area contributed by atoms with Gasteiger partial charge in [-0.1, -0.05) is 25.0 Å². The molecule has 1 amide bonds. The normalized spacial score (nSPS) is 21.2. The number of amides is 1. The summed E-state index contributed by atoms with van der Waals surface area (Å²) in [4.78, 5) is 18.1. The van der Waals surface area contributed by atoms with E-state index >= 15 is 0 Å². The first-order valence-corrected chi connectivity index (χ1v) is 8.13. The average Bonchev–Trinajstić information content (AvgIpc) is 3.16. The Balaban J connectivity index is 1.54. The number of hydrogen-bond donors (Lipinski definition) is 1. The quantitative estimate of drug-likeness (QED) is 0.844. The summed E-state index contributed by atoms with van der Waals surface area (Å²) >= 11 is 0. The molecule has 1 saturated heterocycles. The fraction of sp³-hybridized carbons (Fsp3) is 0.500.